The summed E-state index contributed by atoms with van der Waals surface area (Å²) in [6.07, 6.45) is 1.77. The van der Waals surface area contributed by atoms with Gasteiger partial charge < -0.3 is 14.7 Å². The second-order valence-electron chi connectivity index (χ2n) is 5.35. The number of carbonyl (C=O) groups is 2. The quantitative estimate of drug-likeness (QED) is 0.900. The third-order valence-electron chi connectivity index (χ3n) is 4.04. The number of likely N-dealkylation sites (tertiary alicyclic amines) is 1. The predicted molar refractivity (Wildman–Crippen MR) is 78.3 cm³/mol. The fourth-order valence-corrected chi connectivity index (χ4v) is 2.85. The third kappa shape index (κ3) is 2.55. The van der Waals surface area contributed by atoms with Crippen LogP contribution in [-0.4, -0.2) is 57.5 Å². The molecule has 1 amide bonds. The lowest BCUT2D eigenvalue weighted by atomic mass is 10.2. The molecule has 2 atom stereocenters. The van der Waals surface area contributed by atoms with Crippen LogP contribution in [0.4, 0.5) is 0 Å². The highest BCUT2D eigenvalue weighted by molar-refractivity contribution is 5.86. The summed E-state index contributed by atoms with van der Waals surface area (Å²) < 4.78 is 6.79. The fourth-order valence-electron chi connectivity index (χ4n) is 2.85. The van der Waals surface area contributed by atoms with Gasteiger partial charge in [-0.1, -0.05) is 18.2 Å². The number of carbonyl (C=O) groups excluding carboxylic acids is 1. The smallest absolute Gasteiger partial charge is 0.326 e. The maximum Gasteiger partial charge on any atom is 0.326 e. The number of aromatic nitrogens is 2. The number of para-hydroxylation sites is 1. The second kappa shape index (κ2) is 5.76. The number of nitrogens with zero attached hydrogens (tertiary/aromatic N) is 3. The molecule has 116 valence electrons. The zero-order chi connectivity index (χ0) is 15.7. The van der Waals surface area contributed by atoms with Crippen molar-refractivity contribution in [2.24, 2.45) is 0 Å². The van der Waals surface area contributed by atoms with E-state index >= 15 is 0 Å². The fraction of sp³-hybridized carbons (Fsp3) is 0.400. The third-order valence-corrected chi connectivity index (χ3v) is 4.04. The van der Waals surface area contributed by atoms with Crippen molar-refractivity contribution in [2.75, 3.05) is 13.7 Å². The van der Waals surface area contributed by atoms with Gasteiger partial charge in [0.2, 0.25) is 5.91 Å². The Balaban J connectivity index is 1.80. The van der Waals surface area contributed by atoms with Gasteiger partial charge in [0.25, 0.3) is 0 Å². The van der Waals surface area contributed by atoms with Crippen LogP contribution < -0.4 is 0 Å². The van der Waals surface area contributed by atoms with Crippen LogP contribution in [0.3, 0.4) is 0 Å². The number of fused-ring (bicyclic) bond motifs is 1. The molecule has 3 rings (SSSR count). The number of hydrogen-bond donors (Lipinski definition) is 1. The van der Waals surface area contributed by atoms with E-state index in [1.54, 1.807) is 10.9 Å². The van der Waals surface area contributed by atoms with Gasteiger partial charge in [-0.2, -0.15) is 5.10 Å². The van der Waals surface area contributed by atoms with Gasteiger partial charge in [0.05, 0.1) is 17.8 Å². The minimum absolute atomic E-state index is 0.0216. The number of aliphatic carboxylic acids is 1. The maximum atomic E-state index is 12.5. The van der Waals surface area contributed by atoms with E-state index in [0.717, 1.165) is 10.9 Å². The first-order valence-electron chi connectivity index (χ1n) is 7.05. The standard InChI is InChI=1S/C15H17N3O4/c1-22-11-6-13(15(20)21)17(8-11)14(19)9-18-12-5-3-2-4-10(12)7-16-18/h2-5,7,11,13H,6,8-9H2,1H3,(H,20,21). The zero-order valence-electron chi connectivity index (χ0n) is 12.2. The van der Waals surface area contributed by atoms with Crippen molar-refractivity contribution in [2.45, 2.75) is 25.1 Å². The van der Waals surface area contributed by atoms with E-state index in [-0.39, 0.29) is 18.6 Å². The summed E-state index contributed by atoms with van der Waals surface area (Å²) in [4.78, 5) is 25.2. The molecule has 0 bridgehead atoms. The summed E-state index contributed by atoms with van der Waals surface area (Å²) >= 11 is 0. The molecule has 0 aliphatic carbocycles. The van der Waals surface area contributed by atoms with Crippen LogP contribution >= 0.6 is 0 Å². The molecule has 1 aliphatic rings. The molecular weight excluding hydrogens is 286 g/mol. The summed E-state index contributed by atoms with van der Waals surface area (Å²) in [6.45, 7) is 0.319. The highest BCUT2D eigenvalue weighted by Crippen LogP contribution is 2.21. The number of rotatable bonds is 4. The van der Waals surface area contributed by atoms with Gasteiger partial charge in [0, 0.05) is 25.5 Å². The summed E-state index contributed by atoms with van der Waals surface area (Å²) in [5.41, 5.74) is 0.852. The Bertz CT molecular complexity index is 712. The van der Waals surface area contributed by atoms with E-state index in [0.29, 0.717) is 13.0 Å². The Hall–Kier alpha value is -2.41. The van der Waals surface area contributed by atoms with Gasteiger partial charge in [-0.3, -0.25) is 9.48 Å². The van der Waals surface area contributed by atoms with Crippen molar-refractivity contribution in [3.8, 4) is 0 Å². The lowest BCUT2D eigenvalue weighted by molar-refractivity contribution is -0.148. The first-order valence-corrected chi connectivity index (χ1v) is 7.05. The Kier molecular flexibility index (Phi) is 3.81. The normalized spacial score (nSPS) is 21.4. The van der Waals surface area contributed by atoms with Crippen LogP contribution in [0.2, 0.25) is 0 Å². The van der Waals surface area contributed by atoms with Crippen LogP contribution in [0.1, 0.15) is 6.42 Å². The van der Waals surface area contributed by atoms with Crippen LogP contribution in [0.15, 0.2) is 30.5 Å². The van der Waals surface area contributed by atoms with Crippen LogP contribution in [0.5, 0.6) is 0 Å². The van der Waals surface area contributed by atoms with Gasteiger partial charge in [-0.05, 0) is 6.07 Å². The van der Waals surface area contributed by atoms with Crippen molar-refractivity contribution in [3.63, 3.8) is 0 Å². The molecule has 0 spiro atoms. The van der Waals surface area contributed by atoms with E-state index < -0.39 is 12.0 Å². The number of benzene rings is 1. The first-order chi connectivity index (χ1) is 10.6. The Morgan fingerprint density at radius 3 is 2.91 bits per heavy atom. The minimum atomic E-state index is -1.00. The molecule has 1 aromatic heterocycles. The number of carboxylic acid groups (broad SMARTS) is 1. The summed E-state index contributed by atoms with van der Waals surface area (Å²) in [6, 6.07) is 6.74. The van der Waals surface area contributed by atoms with Crippen LogP contribution in [0.25, 0.3) is 10.9 Å². The molecule has 7 nitrogen and oxygen atoms in total. The predicted octanol–water partition coefficient (Wildman–Crippen LogP) is 0.737. The van der Waals surface area contributed by atoms with E-state index in [1.807, 2.05) is 24.3 Å². The Labute approximate surface area is 127 Å². The number of ether oxygens (including phenoxy) is 1. The summed E-state index contributed by atoms with van der Waals surface area (Å²) in [7, 11) is 1.53. The highest BCUT2D eigenvalue weighted by atomic mass is 16.5. The van der Waals surface area contributed by atoms with Gasteiger partial charge in [0.1, 0.15) is 12.6 Å². The lowest BCUT2D eigenvalue weighted by Crippen LogP contribution is -2.42. The zero-order valence-corrected chi connectivity index (χ0v) is 12.2. The molecule has 1 aromatic carbocycles. The average molecular weight is 303 g/mol. The molecule has 2 aromatic rings. The van der Waals surface area contributed by atoms with Gasteiger partial charge in [-0.15, -0.1) is 0 Å². The largest absolute Gasteiger partial charge is 0.480 e. The van der Waals surface area contributed by atoms with Crippen molar-refractivity contribution in [1.29, 1.82) is 0 Å². The summed E-state index contributed by atoms with van der Waals surface area (Å²) in [5.74, 6) is -1.26. The molecule has 1 saturated heterocycles. The number of amides is 1. The van der Waals surface area contributed by atoms with Gasteiger partial charge >= 0.3 is 5.97 Å². The Morgan fingerprint density at radius 1 is 1.41 bits per heavy atom. The van der Waals surface area contributed by atoms with Crippen molar-refractivity contribution >= 4 is 22.8 Å². The lowest BCUT2D eigenvalue weighted by Gasteiger charge is -2.21. The van der Waals surface area contributed by atoms with E-state index in [1.165, 1.54) is 12.0 Å². The molecule has 22 heavy (non-hydrogen) atoms. The monoisotopic (exact) mass is 303 g/mol. The van der Waals surface area contributed by atoms with Gasteiger partial charge in [-0.25, -0.2) is 4.79 Å². The van der Waals surface area contributed by atoms with Crippen molar-refractivity contribution in [3.05, 3.63) is 30.5 Å². The Morgan fingerprint density at radius 2 is 2.18 bits per heavy atom. The molecule has 1 N–H and O–H groups in total. The molecule has 0 radical (unpaired) electrons. The van der Waals surface area contributed by atoms with E-state index in [9.17, 15) is 14.7 Å². The van der Waals surface area contributed by atoms with Crippen molar-refractivity contribution in [1.82, 2.24) is 14.7 Å². The molecule has 7 heteroatoms. The van der Waals surface area contributed by atoms with Crippen LogP contribution in [-0.2, 0) is 20.9 Å². The molecule has 1 fully saturated rings. The molecular formula is C15H17N3O4. The number of carboxylic acids is 1. The molecule has 2 unspecified atom stereocenters. The number of methoxy groups -OCH3 is 1. The first kappa shape index (κ1) is 14.5. The summed E-state index contributed by atoms with van der Waals surface area (Å²) in [5, 5.41) is 14.4. The second-order valence-corrected chi connectivity index (χ2v) is 5.35. The van der Waals surface area contributed by atoms with Gasteiger partial charge in [0.15, 0.2) is 0 Å². The minimum Gasteiger partial charge on any atom is -0.480 e. The van der Waals surface area contributed by atoms with Crippen molar-refractivity contribution < 1.29 is 19.4 Å². The van der Waals surface area contributed by atoms with Crippen LogP contribution in [0, 0.1) is 0 Å². The van der Waals surface area contributed by atoms with E-state index in [4.69, 9.17) is 4.74 Å². The van der Waals surface area contributed by atoms with E-state index in [2.05, 4.69) is 5.10 Å². The maximum absolute atomic E-state index is 12.5. The molecule has 2 heterocycles. The topological polar surface area (TPSA) is 84.7 Å². The molecule has 1 aliphatic heterocycles. The molecule has 0 saturated carbocycles. The number of hydrogen-bond acceptors (Lipinski definition) is 4. The SMILES string of the molecule is COC1CC(C(=O)O)N(C(=O)Cn2ncc3ccccc32)C1. The highest BCUT2D eigenvalue weighted by Gasteiger charge is 2.39. The average Bonchev–Trinajstić information content (AvgIpc) is 3.12.